The largest absolute Gasteiger partial charge is 0.461 e. The van der Waals surface area contributed by atoms with Crippen LogP contribution in [0.25, 0.3) is 0 Å². The van der Waals surface area contributed by atoms with Crippen molar-refractivity contribution in [1.82, 2.24) is 4.98 Å². The van der Waals surface area contributed by atoms with Crippen molar-refractivity contribution in [2.75, 3.05) is 24.6 Å². The molecule has 15 heavy (non-hydrogen) atoms. The van der Waals surface area contributed by atoms with Crippen LogP contribution < -0.4 is 4.90 Å². The quantitative estimate of drug-likeness (QED) is 0.724. The second kappa shape index (κ2) is 5.70. The third kappa shape index (κ3) is 2.92. The smallest absolute Gasteiger partial charge is 0.357 e. The minimum Gasteiger partial charge on any atom is -0.461 e. The third-order valence-electron chi connectivity index (χ3n) is 2.01. The van der Waals surface area contributed by atoms with Crippen molar-refractivity contribution in [3.8, 4) is 0 Å². The molecule has 1 aromatic rings. The fraction of sp³-hybridized carbons (Fsp3) is 0.600. The Morgan fingerprint density at radius 3 is 2.67 bits per heavy atom. The summed E-state index contributed by atoms with van der Waals surface area (Å²) in [4.78, 5) is 17.7. The first-order chi connectivity index (χ1) is 7.22. The zero-order valence-electron chi connectivity index (χ0n) is 9.32. The molecule has 0 saturated carbocycles. The average Bonchev–Trinajstić information content (AvgIpc) is 2.69. The van der Waals surface area contributed by atoms with Crippen molar-refractivity contribution in [3.63, 3.8) is 0 Å². The topological polar surface area (TPSA) is 42.4 Å². The van der Waals surface area contributed by atoms with Crippen LogP contribution in [0.4, 0.5) is 5.13 Å². The molecular weight excluding hydrogens is 212 g/mol. The lowest BCUT2D eigenvalue weighted by molar-refractivity contribution is 0.0520. The predicted octanol–water partition coefficient (Wildman–Crippen LogP) is 2.17. The maximum Gasteiger partial charge on any atom is 0.357 e. The summed E-state index contributed by atoms with van der Waals surface area (Å²) >= 11 is 1.47. The number of ether oxygens (including phenoxy) is 1. The molecule has 0 unspecified atom stereocenters. The highest BCUT2D eigenvalue weighted by Gasteiger charge is 2.13. The molecular formula is C10H16N2O2S. The van der Waals surface area contributed by atoms with Gasteiger partial charge < -0.3 is 9.64 Å². The highest BCUT2D eigenvalue weighted by atomic mass is 32.1. The lowest BCUT2D eigenvalue weighted by Gasteiger charge is -2.16. The molecule has 0 amide bonds. The van der Waals surface area contributed by atoms with Crippen LogP contribution in [0, 0.1) is 0 Å². The van der Waals surface area contributed by atoms with Crippen LogP contribution in [-0.4, -0.2) is 30.6 Å². The van der Waals surface area contributed by atoms with Gasteiger partial charge in [-0.1, -0.05) is 0 Å². The van der Waals surface area contributed by atoms with Gasteiger partial charge in [0.2, 0.25) is 0 Å². The molecule has 0 aromatic carbocycles. The van der Waals surface area contributed by atoms with Crippen molar-refractivity contribution in [3.05, 3.63) is 11.1 Å². The van der Waals surface area contributed by atoms with Gasteiger partial charge in [-0.15, -0.1) is 11.3 Å². The first-order valence-electron chi connectivity index (χ1n) is 5.10. The second-order valence-electron chi connectivity index (χ2n) is 2.91. The lowest BCUT2D eigenvalue weighted by atomic mass is 10.5. The SMILES string of the molecule is CCOC(=O)c1csc(N(CC)CC)n1. The van der Waals surface area contributed by atoms with Crippen LogP contribution in [0.5, 0.6) is 0 Å². The molecule has 0 spiro atoms. The molecule has 4 nitrogen and oxygen atoms in total. The van der Waals surface area contributed by atoms with Gasteiger partial charge in [0.1, 0.15) is 0 Å². The van der Waals surface area contributed by atoms with E-state index in [9.17, 15) is 4.79 Å². The van der Waals surface area contributed by atoms with Gasteiger partial charge in [0.15, 0.2) is 10.8 Å². The van der Waals surface area contributed by atoms with E-state index in [1.165, 1.54) is 11.3 Å². The highest BCUT2D eigenvalue weighted by molar-refractivity contribution is 7.13. The van der Waals surface area contributed by atoms with Gasteiger partial charge >= 0.3 is 5.97 Å². The molecule has 0 atom stereocenters. The average molecular weight is 228 g/mol. The van der Waals surface area contributed by atoms with Crippen LogP contribution in [0.15, 0.2) is 5.38 Å². The van der Waals surface area contributed by atoms with E-state index < -0.39 is 0 Å². The number of anilines is 1. The number of thiazole rings is 1. The predicted molar refractivity (Wildman–Crippen MR) is 61.6 cm³/mol. The van der Waals surface area contributed by atoms with E-state index in [0.717, 1.165) is 18.2 Å². The summed E-state index contributed by atoms with van der Waals surface area (Å²) in [5.74, 6) is -0.341. The summed E-state index contributed by atoms with van der Waals surface area (Å²) in [6.45, 7) is 8.09. The molecule has 0 N–H and O–H groups in total. The Morgan fingerprint density at radius 2 is 2.13 bits per heavy atom. The number of hydrogen-bond donors (Lipinski definition) is 0. The first-order valence-corrected chi connectivity index (χ1v) is 5.98. The van der Waals surface area contributed by atoms with Crippen molar-refractivity contribution in [2.24, 2.45) is 0 Å². The summed E-state index contributed by atoms with van der Waals surface area (Å²) in [6.07, 6.45) is 0. The van der Waals surface area contributed by atoms with Gasteiger partial charge in [0.05, 0.1) is 6.61 Å². The summed E-state index contributed by atoms with van der Waals surface area (Å²) in [6, 6.07) is 0. The maximum absolute atomic E-state index is 11.4. The molecule has 0 aliphatic heterocycles. The molecule has 84 valence electrons. The third-order valence-corrected chi connectivity index (χ3v) is 2.91. The van der Waals surface area contributed by atoms with Gasteiger partial charge in [-0.05, 0) is 20.8 Å². The Morgan fingerprint density at radius 1 is 1.47 bits per heavy atom. The van der Waals surface area contributed by atoms with Gasteiger partial charge in [-0.2, -0.15) is 0 Å². The number of carbonyl (C=O) groups is 1. The molecule has 0 fully saturated rings. The maximum atomic E-state index is 11.4. The highest BCUT2D eigenvalue weighted by Crippen LogP contribution is 2.20. The van der Waals surface area contributed by atoms with Crippen LogP contribution in [0.1, 0.15) is 31.3 Å². The van der Waals surface area contributed by atoms with E-state index in [1.807, 2.05) is 0 Å². The number of nitrogens with zero attached hydrogens (tertiary/aromatic N) is 2. The van der Waals surface area contributed by atoms with E-state index in [4.69, 9.17) is 4.74 Å². The second-order valence-corrected chi connectivity index (χ2v) is 3.74. The fourth-order valence-electron chi connectivity index (χ4n) is 1.20. The van der Waals surface area contributed by atoms with E-state index in [0.29, 0.717) is 12.3 Å². The molecule has 5 heteroatoms. The summed E-state index contributed by atoms with van der Waals surface area (Å²) in [7, 11) is 0. The van der Waals surface area contributed by atoms with Gasteiger partial charge in [0, 0.05) is 18.5 Å². The van der Waals surface area contributed by atoms with Crippen molar-refractivity contribution in [2.45, 2.75) is 20.8 Å². The van der Waals surface area contributed by atoms with Crippen LogP contribution in [0.3, 0.4) is 0 Å². The molecule has 1 aromatic heterocycles. The molecule has 1 rings (SSSR count). The summed E-state index contributed by atoms with van der Waals surface area (Å²) in [5.41, 5.74) is 0.406. The van der Waals surface area contributed by atoms with Crippen molar-refractivity contribution < 1.29 is 9.53 Å². The number of aromatic nitrogens is 1. The van der Waals surface area contributed by atoms with Crippen LogP contribution in [0.2, 0.25) is 0 Å². The minimum atomic E-state index is -0.341. The Kier molecular flexibility index (Phi) is 4.55. The monoisotopic (exact) mass is 228 g/mol. The zero-order valence-corrected chi connectivity index (χ0v) is 10.1. The number of esters is 1. The van der Waals surface area contributed by atoms with Gasteiger partial charge in [0.25, 0.3) is 0 Å². The van der Waals surface area contributed by atoms with Gasteiger partial charge in [-0.3, -0.25) is 0 Å². The Hall–Kier alpha value is -1.10. The van der Waals surface area contributed by atoms with Gasteiger partial charge in [-0.25, -0.2) is 9.78 Å². The first kappa shape index (κ1) is 12.0. The van der Waals surface area contributed by atoms with E-state index >= 15 is 0 Å². The van der Waals surface area contributed by atoms with E-state index in [2.05, 4.69) is 23.7 Å². The molecule has 1 heterocycles. The molecule has 0 bridgehead atoms. The van der Waals surface area contributed by atoms with E-state index in [-0.39, 0.29) is 5.97 Å². The van der Waals surface area contributed by atoms with Crippen LogP contribution >= 0.6 is 11.3 Å². The van der Waals surface area contributed by atoms with Crippen molar-refractivity contribution in [1.29, 1.82) is 0 Å². The molecule has 0 aliphatic carbocycles. The van der Waals surface area contributed by atoms with Crippen molar-refractivity contribution >= 4 is 22.4 Å². The Balaban J connectivity index is 2.75. The zero-order chi connectivity index (χ0) is 11.3. The Bertz CT molecular complexity index is 321. The van der Waals surface area contributed by atoms with E-state index in [1.54, 1.807) is 12.3 Å². The fourth-order valence-corrected chi connectivity index (χ4v) is 2.13. The normalized spacial score (nSPS) is 10.1. The Labute approximate surface area is 93.9 Å². The minimum absolute atomic E-state index is 0.341. The number of rotatable bonds is 5. The summed E-state index contributed by atoms with van der Waals surface area (Å²) in [5, 5.41) is 2.62. The summed E-state index contributed by atoms with van der Waals surface area (Å²) < 4.78 is 4.87. The molecule has 0 radical (unpaired) electrons. The molecule has 0 saturated heterocycles. The number of carbonyl (C=O) groups excluding carboxylic acids is 1. The standard InChI is InChI=1S/C10H16N2O2S/c1-4-12(5-2)10-11-8(7-15-10)9(13)14-6-3/h7H,4-6H2,1-3H3. The van der Waals surface area contributed by atoms with Crippen LogP contribution in [-0.2, 0) is 4.74 Å². The number of hydrogen-bond acceptors (Lipinski definition) is 5. The molecule has 0 aliphatic rings. The lowest BCUT2D eigenvalue weighted by Crippen LogP contribution is -2.21.